The molecule has 1 atom stereocenters. The Morgan fingerprint density at radius 3 is 2.86 bits per heavy atom. The molecule has 2 aromatic rings. The number of hydrogen-bond donors (Lipinski definition) is 0. The summed E-state index contributed by atoms with van der Waals surface area (Å²) in [5.74, 6) is -1.21. The van der Waals surface area contributed by atoms with Gasteiger partial charge in [0.15, 0.2) is 6.10 Å². The number of aromatic nitrogens is 1. The van der Waals surface area contributed by atoms with Crippen LogP contribution in [0.2, 0.25) is 0 Å². The van der Waals surface area contributed by atoms with Crippen LogP contribution in [-0.4, -0.2) is 16.6 Å². The van der Waals surface area contributed by atoms with Crippen molar-refractivity contribution in [3.8, 4) is 5.75 Å². The van der Waals surface area contributed by atoms with Gasteiger partial charge in [-0.15, -0.1) is 0 Å². The highest BCUT2D eigenvalue weighted by atomic mass is 127. The van der Waals surface area contributed by atoms with Crippen LogP contribution >= 0.6 is 22.6 Å². The Hall–Kier alpha value is -1.84. The SMILES string of the molecule is O=[N+]([O-])c1ncccc1OC(CF)c1cc(F)ccc1I. The summed E-state index contributed by atoms with van der Waals surface area (Å²) in [4.78, 5) is 13.7. The lowest BCUT2D eigenvalue weighted by Crippen LogP contribution is -2.13. The van der Waals surface area contributed by atoms with Crippen LogP contribution in [0.25, 0.3) is 0 Å². The number of rotatable bonds is 5. The summed E-state index contributed by atoms with van der Waals surface area (Å²) in [6, 6.07) is 6.63. The molecule has 0 N–H and O–H groups in total. The summed E-state index contributed by atoms with van der Waals surface area (Å²) in [5, 5.41) is 10.9. The monoisotopic (exact) mass is 406 g/mol. The van der Waals surface area contributed by atoms with Gasteiger partial charge in [0.05, 0.1) is 0 Å². The molecule has 0 saturated heterocycles. The second-order valence-electron chi connectivity index (χ2n) is 4.01. The maximum absolute atomic E-state index is 13.3. The first-order valence-electron chi connectivity index (χ1n) is 5.80. The molecule has 8 heteroatoms. The molecule has 0 aliphatic carbocycles. The van der Waals surface area contributed by atoms with Gasteiger partial charge in [-0.1, -0.05) is 0 Å². The first-order valence-corrected chi connectivity index (χ1v) is 6.87. The molecule has 0 fully saturated rings. The van der Waals surface area contributed by atoms with Gasteiger partial charge in [-0.25, -0.2) is 8.78 Å². The van der Waals surface area contributed by atoms with Crippen LogP contribution in [0.4, 0.5) is 14.6 Å². The molecule has 5 nitrogen and oxygen atoms in total. The van der Waals surface area contributed by atoms with E-state index in [1.807, 2.05) is 22.6 Å². The van der Waals surface area contributed by atoms with Crippen molar-refractivity contribution in [3.05, 3.63) is 61.6 Å². The van der Waals surface area contributed by atoms with Crippen LogP contribution in [0.3, 0.4) is 0 Å². The highest BCUT2D eigenvalue weighted by Crippen LogP contribution is 2.31. The van der Waals surface area contributed by atoms with E-state index in [4.69, 9.17) is 4.74 Å². The third-order valence-electron chi connectivity index (χ3n) is 2.64. The fourth-order valence-corrected chi connectivity index (χ4v) is 2.39. The van der Waals surface area contributed by atoms with Gasteiger partial charge in [0.25, 0.3) is 0 Å². The minimum atomic E-state index is -1.14. The average molecular weight is 406 g/mol. The van der Waals surface area contributed by atoms with E-state index in [-0.39, 0.29) is 11.3 Å². The molecule has 2 rings (SSSR count). The topological polar surface area (TPSA) is 65.3 Å². The number of alkyl halides is 1. The first-order chi connectivity index (χ1) is 10.0. The van der Waals surface area contributed by atoms with Crippen molar-refractivity contribution in [1.29, 1.82) is 0 Å². The lowest BCUT2D eigenvalue weighted by atomic mass is 10.1. The van der Waals surface area contributed by atoms with Crippen molar-refractivity contribution >= 4 is 28.4 Å². The molecule has 0 bridgehead atoms. The van der Waals surface area contributed by atoms with E-state index < -0.39 is 29.3 Å². The number of pyridine rings is 1. The third kappa shape index (κ3) is 3.63. The van der Waals surface area contributed by atoms with Gasteiger partial charge < -0.3 is 14.9 Å². The summed E-state index contributed by atoms with van der Waals surface area (Å²) in [6.45, 7) is -0.953. The Balaban J connectivity index is 2.36. The van der Waals surface area contributed by atoms with Crippen LogP contribution in [0.15, 0.2) is 36.5 Å². The highest BCUT2D eigenvalue weighted by molar-refractivity contribution is 14.1. The van der Waals surface area contributed by atoms with Crippen molar-refractivity contribution < 1.29 is 18.4 Å². The molecule has 0 spiro atoms. The maximum atomic E-state index is 13.3. The van der Waals surface area contributed by atoms with Crippen LogP contribution in [0.1, 0.15) is 11.7 Å². The summed E-state index contributed by atoms with van der Waals surface area (Å²) in [6.07, 6.45) is 0.0944. The largest absolute Gasteiger partial charge is 0.475 e. The predicted molar refractivity (Wildman–Crippen MR) is 79.4 cm³/mol. The maximum Gasteiger partial charge on any atom is 0.406 e. The van der Waals surface area contributed by atoms with E-state index in [9.17, 15) is 18.9 Å². The molecule has 1 aromatic carbocycles. The van der Waals surface area contributed by atoms with E-state index in [0.717, 1.165) is 6.07 Å². The van der Waals surface area contributed by atoms with Crippen LogP contribution < -0.4 is 4.74 Å². The van der Waals surface area contributed by atoms with E-state index in [1.54, 1.807) is 0 Å². The molecule has 0 amide bonds. The third-order valence-corrected chi connectivity index (χ3v) is 3.62. The van der Waals surface area contributed by atoms with Crippen LogP contribution in [0.5, 0.6) is 5.75 Å². The van der Waals surface area contributed by atoms with E-state index in [2.05, 4.69) is 4.98 Å². The smallest absolute Gasteiger partial charge is 0.406 e. The van der Waals surface area contributed by atoms with Gasteiger partial charge >= 0.3 is 5.82 Å². The van der Waals surface area contributed by atoms with Gasteiger partial charge in [0, 0.05) is 9.13 Å². The van der Waals surface area contributed by atoms with Crippen molar-refractivity contribution in [1.82, 2.24) is 4.98 Å². The Kier molecular flexibility index (Phi) is 4.99. The second-order valence-corrected chi connectivity index (χ2v) is 5.17. The fourth-order valence-electron chi connectivity index (χ4n) is 1.70. The molecule has 1 aromatic heterocycles. The van der Waals surface area contributed by atoms with Crippen molar-refractivity contribution in [2.75, 3.05) is 6.67 Å². The quantitative estimate of drug-likeness (QED) is 0.430. The predicted octanol–water partition coefficient (Wildman–Crippen LogP) is 3.82. The van der Waals surface area contributed by atoms with Gasteiger partial charge in [0.1, 0.15) is 18.7 Å². The zero-order chi connectivity index (χ0) is 15.4. The van der Waals surface area contributed by atoms with E-state index in [1.165, 1.54) is 30.5 Å². The van der Waals surface area contributed by atoms with Gasteiger partial charge in [-0.3, -0.25) is 0 Å². The van der Waals surface area contributed by atoms with Crippen LogP contribution in [-0.2, 0) is 0 Å². The highest BCUT2D eigenvalue weighted by Gasteiger charge is 2.23. The Morgan fingerprint density at radius 2 is 2.19 bits per heavy atom. The van der Waals surface area contributed by atoms with Crippen LogP contribution in [0, 0.1) is 19.5 Å². The van der Waals surface area contributed by atoms with E-state index in [0.29, 0.717) is 3.57 Å². The number of nitro groups is 1. The fraction of sp³-hybridized carbons (Fsp3) is 0.154. The number of nitrogens with zero attached hydrogens (tertiary/aromatic N) is 2. The van der Waals surface area contributed by atoms with Gasteiger partial charge in [-0.05, 0) is 62.8 Å². The minimum absolute atomic E-state index is 0.162. The number of hydrogen-bond acceptors (Lipinski definition) is 4. The summed E-state index contributed by atoms with van der Waals surface area (Å²) in [5.41, 5.74) is 0.288. The molecule has 0 radical (unpaired) electrons. The molecule has 0 aliphatic heterocycles. The zero-order valence-electron chi connectivity index (χ0n) is 10.5. The summed E-state index contributed by atoms with van der Waals surface area (Å²) in [7, 11) is 0. The number of benzene rings is 1. The van der Waals surface area contributed by atoms with Gasteiger partial charge in [-0.2, -0.15) is 0 Å². The molecule has 1 unspecified atom stereocenters. The summed E-state index contributed by atoms with van der Waals surface area (Å²) >= 11 is 1.92. The second kappa shape index (κ2) is 6.74. The molecular formula is C13H9F2IN2O3. The lowest BCUT2D eigenvalue weighted by Gasteiger charge is -2.17. The molecule has 21 heavy (non-hydrogen) atoms. The molecule has 0 saturated carbocycles. The first kappa shape index (κ1) is 15.5. The zero-order valence-corrected chi connectivity index (χ0v) is 12.7. The van der Waals surface area contributed by atoms with Crippen molar-refractivity contribution in [2.45, 2.75) is 6.10 Å². The Bertz CT molecular complexity index is 670. The summed E-state index contributed by atoms with van der Waals surface area (Å²) < 4.78 is 32.4. The number of ether oxygens (including phenoxy) is 1. The average Bonchev–Trinajstić information content (AvgIpc) is 2.47. The minimum Gasteiger partial charge on any atom is -0.475 e. The Morgan fingerprint density at radius 1 is 1.43 bits per heavy atom. The lowest BCUT2D eigenvalue weighted by molar-refractivity contribution is -0.390. The molecule has 1 heterocycles. The Labute approximate surface area is 132 Å². The van der Waals surface area contributed by atoms with Gasteiger partial charge in [0.2, 0.25) is 5.75 Å². The molecular weight excluding hydrogens is 397 g/mol. The number of halogens is 3. The molecule has 110 valence electrons. The normalized spacial score (nSPS) is 12.0. The van der Waals surface area contributed by atoms with Crippen molar-refractivity contribution in [2.24, 2.45) is 0 Å². The van der Waals surface area contributed by atoms with E-state index >= 15 is 0 Å². The molecule has 0 aliphatic rings. The van der Waals surface area contributed by atoms with Crippen molar-refractivity contribution in [3.63, 3.8) is 0 Å². The standard InChI is InChI=1S/C13H9F2IN2O3/c14-7-12(9-6-8(15)3-4-10(9)16)21-11-2-1-5-17-13(11)18(19)20/h1-6,12H,7H2.